The van der Waals surface area contributed by atoms with Crippen LogP contribution in [0.25, 0.3) is 0 Å². The van der Waals surface area contributed by atoms with Crippen molar-refractivity contribution in [1.82, 2.24) is 25.5 Å². The summed E-state index contributed by atoms with van der Waals surface area (Å²) in [6.45, 7) is 4.67. The summed E-state index contributed by atoms with van der Waals surface area (Å²) >= 11 is 1.49. The third kappa shape index (κ3) is 3.65. The fourth-order valence-electron chi connectivity index (χ4n) is 4.16. The summed E-state index contributed by atoms with van der Waals surface area (Å²) in [6.07, 6.45) is 5.00. The smallest absolute Gasteiger partial charge is 0.244 e. The molecule has 30 heavy (non-hydrogen) atoms. The minimum atomic E-state index is -0.854. The monoisotopic (exact) mass is 432 g/mol. The van der Waals surface area contributed by atoms with Gasteiger partial charge >= 0.3 is 0 Å². The van der Waals surface area contributed by atoms with Gasteiger partial charge in [0.15, 0.2) is 4.99 Å². The van der Waals surface area contributed by atoms with Gasteiger partial charge in [0, 0.05) is 38.1 Å². The minimum absolute atomic E-state index is 0.0666. The first-order chi connectivity index (χ1) is 14.3. The minimum Gasteiger partial charge on any atom is -0.384 e. The number of nitrogens with one attached hydrogen (secondary N) is 2. The largest absolute Gasteiger partial charge is 0.384 e. The molecular weight excluding hydrogens is 404 g/mol. The lowest BCUT2D eigenvalue weighted by Crippen LogP contribution is -2.52. The van der Waals surface area contributed by atoms with Crippen molar-refractivity contribution in [2.45, 2.75) is 29.6 Å². The van der Waals surface area contributed by atoms with E-state index in [0.717, 1.165) is 36.4 Å². The van der Waals surface area contributed by atoms with Gasteiger partial charge in [0.2, 0.25) is 11.9 Å². The topological polar surface area (TPSA) is 135 Å². The number of piperidine rings is 1. The number of thioether (sulfide) groups is 1. The molecule has 11 heteroatoms. The molecule has 0 bridgehead atoms. The highest BCUT2D eigenvalue weighted by Gasteiger charge is 2.55. The fraction of sp³-hybridized carbons (Fsp3) is 0.632. The van der Waals surface area contributed by atoms with Crippen LogP contribution in [0.1, 0.15) is 24.2 Å². The predicted octanol–water partition coefficient (Wildman–Crippen LogP) is -0.525. The number of rotatable bonds is 6. The number of nitrogens with zero attached hydrogens (tertiary/aromatic N) is 4. The summed E-state index contributed by atoms with van der Waals surface area (Å²) in [7, 11) is 1.83. The molecule has 3 aliphatic heterocycles. The van der Waals surface area contributed by atoms with Crippen LogP contribution < -0.4 is 27.0 Å². The summed E-state index contributed by atoms with van der Waals surface area (Å²) in [5.41, 5.74) is 14.1. The van der Waals surface area contributed by atoms with Crippen LogP contribution in [-0.4, -0.2) is 65.3 Å². The maximum absolute atomic E-state index is 12.7. The Morgan fingerprint density at radius 1 is 1.37 bits per heavy atom. The van der Waals surface area contributed by atoms with E-state index >= 15 is 0 Å². The summed E-state index contributed by atoms with van der Waals surface area (Å²) < 4.78 is 5.44. The molecule has 5 rings (SSSR count). The average Bonchev–Trinajstić information content (AvgIpc) is 3.59. The highest BCUT2D eigenvalue weighted by Crippen LogP contribution is 2.59. The van der Waals surface area contributed by atoms with E-state index in [9.17, 15) is 4.79 Å². The van der Waals surface area contributed by atoms with Crippen molar-refractivity contribution < 1.29 is 9.53 Å². The SMILES string of the molecule is C[C@H](NC1=C(N)N(C)COC1)C(=O)NC1(N)S[C@@H]1c1cnc(N2CC3CC3C2)nc1. The third-order valence-electron chi connectivity index (χ3n) is 6.22. The van der Waals surface area contributed by atoms with Crippen molar-refractivity contribution in [3.63, 3.8) is 0 Å². The summed E-state index contributed by atoms with van der Waals surface area (Å²) in [5, 5.41) is 5.99. The van der Waals surface area contributed by atoms with Crippen LogP contribution in [0, 0.1) is 11.8 Å². The Kier molecular flexibility index (Phi) is 4.71. The van der Waals surface area contributed by atoms with Gasteiger partial charge in [-0.2, -0.15) is 0 Å². The molecule has 0 aromatic carbocycles. The van der Waals surface area contributed by atoms with E-state index in [2.05, 4.69) is 25.5 Å². The van der Waals surface area contributed by atoms with E-state index in [4.69, 9.17) is 16.2 Å². The lowest BCUT2D eigenvalue weighted by molar-refractivity contribution is -0.123. The van der Waals surface area contributed by atoms with E-state index in [1.807, 2.05) is 19.4 Å². The van der Waals surface area contributed by atoms with Crippen LogP contribution in [0.2, 0.25) is 0 Å². The number of ether oxygens (including phenoxy) is 1. The summed E-state index contributed by atoms with van der Waals surface area (Å²) in [6, 6.07) is -0.504. The predicted molar refractivity (Wildman–Crippen MR) is 114 cm³/mol. The van der Waals surface area contributed by atoms with E-state index in [1.165, 1.54) is 18.2 Å². The van der Waals surface area contributed by atoms with Gasteiger partial charge < -0.3 is 30.9 Å². The highest BCUT2D eigenvalue weighted by molar-refractivity contribution is 8.08. The van der Waals surface area contributed by atoms with E-state index in [-0.39, 0.29) is 11.2 Å². The number of amides is 1. The van der Waals surface area contributed by atoms with Gasteiger partial charge in [-0.25, -0.2) is 9.97 Å². The van der Waals surface area contributed by atoms with Crippen molar-refractivity contribution >= 4 is 23.6 Å². The van der Waals surface area contributed by atoms with Crippen molar-refractivity contribution in [3.05, 3.63) is 29.5 Å². The van der Waals surface area contributed by atoms with Gasteiger partial charge in [0.25, 0.3) is 0 Å². The normalized spacial score (nSPS) is 33.2. The Morgan fingerprint density at radius 2 is 2.07 bits per heavy atom. The second kappa shape index (κ2) is 7.17. The van der Waals surface area contributed by atoms with Crippen molar-refractivity contribution in [1.29, 1.82) is 0 Å². The molecule has 0 radical (unpaired) electrons. The number of nitrogens with two attached hydrogens (primary N) is 2. The van der Waals surface area contributed by atoms with Crippen LogP contribution in [0.4, 0.5) is 5.95 Å². The Labute approximate surface area is 179 Å². The molecule has 1 saturated carbocycles. The molecule has 0 spiro atoms. The van der Waals surface area contributed by atoms with Crippen LogP contribution in [0.15, 0.2) is 23.9 Å². The maximum atomic E-state index is 12.7. The average molecular weight is 433 g/mol. The van der Waals surface area contributed by atoms with Gasteiger partial charge in [-0.3, -0.25) is 10.5 Å². The molecule has 3 unspecified atom stereocenters. The maximum Gasteiger partial charge on any atom is 0.244 e. The van der Waals surface area contributed by atoms with Crippen molar-refractivity contribution in [2.24, 2.45) is 23.3 Å². The Hall–Kier alpha value is -2.24. The Morgan fingerprint density at radius 3 is 2.77 bits per heavy atom. The Bertz CT molecular complexity index is 870. The van der Waals surface area contributed by atoms with Gasteiger partial charge in [-0.05, 0) is 25.2 Å². The van der Waals surface area contributed by atoms with Gasteiger partial charge in [-0.1, -0.05) is 0 Å². The zero-order valence-electron chi connectivity index (χ0n) is 17.2. The molecule has 6 N–H and O–H groups in total. The Balaban J connectivity index is 1.17. The molecule has 1 amide bonds. The molecule has 2 saturated heterocycles. The molecule has 162 valence electrons. The number of anilines is 1. The first-order valence-corrected chi connectivity index (χ1v) is 11.1. The van der Waals surface area contributed by atoms with E-state index < -0.39 is 11.0 Å². The zero-order chi connectivity index (χ0) is 21.0. The molecular formula is C19H28N8O2S. The molecule has 1 aliphatic carbocycles. The number of hydrogen-bond acceptors (Lipinski definition) is 10. The molecule has 4 heterocycles. The lowest BCUT2D eigenvalue weighted by Gasteiger charge is -2.30. The van der Waals surface area contributed by atoms with Crippen LogP contribution in [0.3, 0.4) is 0 Å². The van der Waals surface area contributed by atoms with Gasteiger partial charge in [-0.15, -0.1) is 11.8 Å². The number of carbonyl (C=O) groups is 1. The van der Waals surface area contributed by atoms with Gasteiger partial charge in [0.1, 0.15) is 18.6 Å². The molecule has 1 aromatic rings. The molecule has 3 fully saturated rings. The van der Waals surface area contributed by atoms with Crippen molar-refractivity contribution in [3.8, 4) is 0 Å². The lowest BCUT2D eigenvalue weighted by atomic mass is 10.2. The number of hydrogen-bond donors (Lipinski definition) is 4. The van der Waals surface area contributed by atoms with E-state index in [1.54, 1.807) is 11.8 Å². The second-order valence-electron chi connectivity index (χ2n) is 8.66. The summed E-state index contributed by atoms with van der Waals surface area (Å²) in [4.78, 5) is 24.9. The highest BCUT2D eigenvalue weighted by atomic mass is 32.2. The second-order valence-corrected chi connectivity index (χ2v) is 10.0. The van der Waals surface area contributed by atoms with E-state index in [0.29, 0.717) is 24.9 Å². The molecule has 4 aliphatic rings. The third-order valence-corrected chi connectivity index (χ3v) is 7.58. The number of aromatic nitrogens is 2. The number of carbonyl (C=O) groups excluding carboxylic acids is 1. The molecule has 5 atom stereocenters. The first-order valence-electron chi connectivity index (χ1n) is 10.2. The van der Waals surface area contributed by atoms with Crippen LogP contribution in [-0.2, 0) is 9.53 Å². The van der Waals surface area contributed by atoms with Crippen LogP contribution >= 0.6 is 11.8 Å². The zero-order valence-corrected chi connectivity index (χ0v) is 18.0. The quantitative estimate of drug-likeness (QED) is 0.343. The fourth-order valence-corrected chi connectivity index (χ4v) is 5.10. The van der Waals surface area contributed by atoms with Crippen molar-refractivity contribution in [2.75, 3.05) is 38.4 Å². The van der Waals surface area contributed by atoms with Gasteiger partial charge in [0.05, 0.1) is 17.6 Å². The molecule has 1 aromatic heterocycles. The molecule has 10 nitrogen and oxygen atoms in total. The first kappa shape index (κ1) is 19.7. The standard InChI is InChI=1S/C19H28N8O2S/c1-10(24-14-8-29-9-26(2)16(14)20)17(28)25-19(21)15(30-19)13-4-22-18(23-5-13)27-6-11-3-12(11)7-27/h4-5,10-12,15,24H,3,6-9,20-21H2,1-2H3,(H,25,28)/t10-,11?,12?,15+,19?/m0/s1. The summed E-state index contributed by atoms with van der Waals surface area (Å²) in [5.74, 6) is 2.83. The number of fused-ring (bicyclic) bond motifs is 1. The van der Waals surface area contributed by atoms with Crippen LogP contribution in [0.5, 0.6) is 0 Å².